The monoisotopic (exact) mass is 472 g/mol. The maximum atomic E-state index is 11.2. The van der Waals surface area contributed by atoms with Gasteiger partial charge in [-0.3, -0.25) is 8.77 Å². The summed E-state index contributed by atoms with van der Waals surface area (Å²) >= 11 is 3.21. The summed E-state index contributed by atoms with van der Waals surface area (Å²) in [5.74, 6) is 0.479. The normalized spacial score (nSPS) is 11.0. The summed E-state index contributed by atoms with van der Waals surface area (Å²) in [7, 11) is 0. The summed E-state index contributed by atoms with van der Waals surface area (Å²) in [5.41, 5.74) is 4.37. The van der Waals surface area contributed by atoms with E-state index in [0.29, 0.717) is 12.3 Å². The number of hydrogen-bond acceptors (Lipinski definition) is 5. The van der Waals surface area contributed by atoms with Gasteiger partial charge in [-0.25, -0.2) is 4.98 Å². The number of carbonyl (C=O) groups is 1. The van der Waals surface area contributed by atoms with Gasteiger partial charge in [0.05, 0.1) is 5.52 Å². The summed E-state index contributed by atoms with van der Waals surface area (Å²) in [5, 5.41) is 14.4. The molecule has 0 aliphatic rings. The van der Waals surface area contributed by atoms with Crippen molar-refractivity contribution >= 4 is 40.2 Å². The number of aromatic nitrogens is 2. The molecule has 0 bridgehead atoms. The van der Waals surface area contributed by atoms with Crippen LogP contribution < -0.4 is 4.74 Å². The van der Waals surface area contributed by atoms with Crippen LogP contribution in [0.2, 0.25) is 0 Å². The van der Waals surface area contributed by atoms with Crippen LogP contribution in [0.15, 0.2) is 94.8 Å². The topological polar surface area (TPSA) is 64.3 Å². The van der Waals surface area contributed by atoms with Crippen LogP contribution in [-0.4, -0.2) is 20.0 Å². The first-order valence-corrected chi connectivity index (χ1v) is 12.1. The van der Waals surface area contributed by atoms with Crippen molar-refractivity contribution in [3.05, 3.63) is 95.4 Å². The number of hydrogen-bond donors (Lipinski definition) is 1. The van der Waals surface area contributed by atoms with Crippen LogP contribution >= 0.6 is 23.3 Å². The molecule has 33 heavy (non-hydrogen) atoms. The van der Waals surface area contributed by atoms with Crippen LogP contribution in [0.4, 0.5) is 0 Å². The molecule has 0 unspecified atom stereocenters. The Kier molecular flexibility index (Phi) is 6.15. The highest BCUT2D eigenvalue weighted by atomic mass is 32.2. The van der Waals surface area contributed by atoms with Gasteiger partial charge in [0.15, 0.2) is 0 Å². The molecule has 0 radical (unpaired) electrons. The number of aliphatic carboxylic acids is 1. The summed E-state index contributed by atoms with van der Waals surface area (Å²) in [6, 6.07) is 21.8. The van der Waals surface area contributed by atoms with Crippen molar-refractivity contribution in [1.82, 2.24) is 8.96 Å². The Morgan fingerprint density at radius 3 is 2.67 bits per heavy atom. The van der Waals surface area contributed by atoms with Crippen LogP contribution in [0.25, 0.3) is 22.0 Å². The Morgan fingerprint density at radius 1 is 1.06 bits per heavy atom. The zero-order chi connectivity index (χ0) is 22.6. The van der Waals surface area contributed by atoms with E-state index in [2.05, 4.69) is 44.0 Å². The highest BCUT2D eigenvalue weighted by molar-refractivity contribution is 7.98. The van der Waals surface area contributed by atoms with Gasteiger partial charge in [-0.2, -0.15) is 11.3 Å². The maximum absolute atomic E-state index is 11.2. The Labute approximate surface area is 199 Å². The molecule has 0 atom stereocenters. The van der Waals surface area contributed by atoms with Crippen LogP contribution in [0.3, 0.4) is 0 Å². The standard InChI is InChI=1S/C26H20N2O3S2/c29-26(30)11-7-19-16-28(24-9-6-18(14-23(19)24)20-12-13-32-17-20)33-22-8-10-25(27-15-22)31-21-4-2-1-3-5-21/h1-6,8-10,12-17H,7,11H2,(H,29,30). The number of benzene rings is 2. The van der Waals surface area contributed by atoms with Crippen molar-refractivity contribution in [3.63, 3.8) is 0 Å². The van der Waals surface area contributed by atoms with E-state index in [1.807, 2.05) is 48.7 Å². The van der Waals surface area contributed by atoms with Gasteiger partial charge in [0.1, 0.15) is 5.75 Å². The van der Waals surface area contributed by atoms with Gasteiger partial charge in [0.2, 0.25) is 5.88 Å². The minimum absolute atomic E-state index is 0.0968. The Morgan fingerprint density at radius 2 is 1.94 bits per heavy atom. The van der Waals surface area contributed by atoms with Crippen molar-refractivity contribution in [2.24, 2.45) is 0 Å². The number of carboxylic acids is 1. The Balaban J connectivity index is 1.42. The molecule has 0 saturated heterocycles. The second-order valence-electron chi connectivity index (χ2n) is 7.46. The van der Waals surface area contributed by atoms with Crippen molar-refractivity contribution < 1.29 is 14.6 Å². The van der Waals surface area contributed by atoms with Gasteiger partial charge >= 0.3 is 5.97 Å². The molecule has 3 aromatic heterocycles. The third-order valence-corrected chi connectivity index (χ3v) is 6.83. The predicted octanol–water partition coefficient (Wildman–Crippen LogP) is 7.13. The van der Waals surface area contributed by atoms with E-state index in [1.165, 1.54) is 5.56 Å². The number of para-hydroxylation sites is 1. The first kappa shape index (κ1) is 21.3. The predicted molar refractivity (Wildman–Crippen MR) is 133 cm³/mol. The largest absolute Gasteiger partial charge is 0.481 e. The first-order chi connectivity index (χ1) is 16.2. The lowest BCUT2D eigenvalue weighted by molar-refractivity contribution is -0.136. The summed E-state index contributed by atoms with van der Waals surface area (Å²) < 4.78 is 7.86. The number of aryl methyl sites for hydroxylation is 1. The lowest BCUT2D eigenvalue weighted by Crippen LogP contribution is -1.96. The summed E-state index contributed by atoms with van der Waals surface area (Å²) in [4.78, 5) is 16.6. The van der Waals surface area contributed by atoms with Gasteiger partial charge in [0, 0.05) is 35.2 Å². The minimum atomic E-state index is -0.796. The number of nitrogens with zero attached hydrogens (tertiary/aromatic N) is 2. The van der Waals surface area contributed by atoms with E-state index < -0.39 is 5.97 Å². The van der Waals surface area contributed by atoms with Gasteiger partial charge in [-0.15, -0.1) is 0 Å². The van der Waals surface area contributed by atoms with E-state index in [-0.39, 0.29) is 6.42 Å². The molecule has 0 fully saturated rings. The van der Waals surface area contributed by atoms with Crippen molar-refractivity contribution in [2.75, 3.05) is 0 Å². The molecule has 1 N–H and O–H groups in total. The van der Waals surface area contributed by atoms with Crippen LogP contribution in [0.5, 0.6) is 11.6 Å². The second kappa shape index (κ2) is 9.52. The fourth-order valence-electron chi connectivity index (χ4n) is 3.59. The molecule has 0 amide bonds. The molecular weight excluding hydrogens is 452 g/mol. The van der Waals surface area contributed by atoms with Crippen molar-refractivity contribution in [3.8, 4) is 22.8 Å². The third-order valence-electron chi connectivity index (χ3n) is 5.19. The molecule has 7 heteroatoms. The molecule has 0 spiro atoms. The van der Waals surface area contributed by atoms with Crippen LogP contribution in [0.1, 0.15) is 12.0 Å². The number of carboxylic acid groups (broad SMARTS) is 1. The SMILES string of the molecule is O=C(O)CCc1cn(Sc2ccc(Oc3ccccc3)nc2)c2ccc(-c3ccsc3)cc12. The number of ether oxygens (including phenoxy) is 1. The highest BCUT2D eigenvalue weighted by Gasteiger charge is 2.13. The molecule has 3 heterocycles. The number of rotatable bonds is 8. The summed E-state index contributed by atoms with van der Waals surface area (Å²) in [6.45, 7) is 0. The third kappa shape index (κ3) is 4.94. The quantitative estimate of drug-likeness (QED) is 0.260. The molecule has 0 aliphatic carbocycles. The Hall–Kier alpha value is -3.55. The molecule has 5 aromatic rings. The number of fused-ring (bicyclic) bond motifs is 1. The zero-order valence-electron chi connectivity index (χ0n) is 17.5. The molecule has 5 nitrogen and oxygen atoms in total. The molecule has 164 valence electrons. The van der Waals surface area contributed by atoms with Crippen LogP contribution in [-0.2, 0) is 11.2 Å². The minimum Gasteiger partial charge on any atom is -0.481 e. The Bertz CT molecular complexity index is 1380. The zero-order valence-corrected chi connectivity index (χ0v) is 19.2. The average Bonchev–Trinajstić information content (AvgIpc) is 3.48. The molecule has 2 aromatic carbocycles. The van der Waals surface area contributed by atoms with E-state index in [1.54, 1.807) is 29.5 Å². The smallest absolute Gasteiger partial charge is 0.303 e. The van der Waals surface area contributed by atoms with Gasteiger partial charge in [-0.05, 0) is 82.2 Å². The fourth-order valence-corrected chi connectivity index (χ4v) is 5.15. The van der Waals surface area contributed by atoms with Gasteiger partial charge in [-0.1, -0.05) is 24.3 Å². The highest BCUT2D eigenvalue weighted by Crippen LogP contribution is 2.34. The van der Waals surface area contributed by atoms with Gasteiger partial charge in [0.25, 0.3) is 0 Å². The molecule has 0 aliphatic heterocycles. The first-order valence-electron chi connectivity index (χ1n) is 10.4. The molecular formula is C26H20N2O3S2. The van der Waals surface area contributed by atoms with Crippen molar-refractivity contribution in [2.45, 2.75) is 17.7 Å². The maximum Gasteiger partial charge on any atom is 0.303 e. The summed E-state index contributed by atoms with van der Waals surface area (Å²) in [6.07, 6.45) is 4.39. The van der Waals surface area contributed by atoms with E-state index in [9.17, 15) is 9.90 Å². The number of pyridine rings is 1. The molecule has 5 rings (SSSR count). The fraction of sp³-hybridized carbons (Fsp3) is 0.0769. The molecule has 0 saturated carbocycles. The van der Waals surface area contributed by atoms with Crippen molar-refractivity contribution in [1.29, 1.82) is 0 Å². The lowest BCUT2D eigenvalue weighted by Gasteiger charge is -2.07. The van der Waals surface area contributed by atoms with E-state index >= 15 is 0 Å². The van der Waals surface area contributed by atoms with Gasteiger partial charge < -0.3 is 9.84 Å². The van der Waals surface area contributed by atoms with Crippen LogP contribution in [0, 0.1) is 0 Å². The average molecular weight is 473 g/mol. The van der Waals surface area contributed by atoms with E-state index in [0.717, 1.165) is 32.7 Å². The second-order valence-corrected chi connectivity index (χ2v) is 9.28. The van der Waals surface area contributed by atoms with E-state index in [4.69, 9.17) is 4.74 Å². The number of thiophene rings is 1. The lowest BCUT2D eigenvalue weighted by atomic mass is 10.0.